The molecule has 0 spiro atoms. The van der Waals surface area contributed by atoms with Crippen molar-refractivity contribution in [3.8, 4) is 0 Å². The Morgan fingerprint density at radius 2 is 1.40 bits per heavy atom. The summed E-state index contributed by atoms with van der Waals surface area (Å²) in [4.78, 5) is 34.8. The molecule has 0 radical (unpaired) electrons. The van der Waals surface area contributed by atoms with Gasteiger partial charge in [-0.2, -0.15) is 0 Å². The van der Waals surface area contributed by atoms with Gasteiger partial charge in [0.25, 0.3) is 0 Å². The van der Waals surface area contributed by atoms with Gasteiger partial charge >= 0.3 is 6.03 Å². The Bertz CT molecular complexity index is 752. The van der Waals surface area contributed by atoms with Crippen molar-refractivity contribution in [2.75, 3.05) is 17.2 Å². The van der Waals surface area contributed by atoms with Crippen LogP contribution in [0.3, 0.4) is 0 Å². The molecular formula is C19H21N3O3. The van der Waals surface area contributed by atoms with Gasteiger partial charge in [0.2, 0.25) is 5.91 Å². The van der Waals surface area contributed by atoms with Crippen molar-refractivity contribution in [1.82, 2.24) is 5.32 Å². The van der Waals surface area contributed by atoms with Crippen LogP contribution in [0.15, 0.2) is 48.5 Å². The predicted octanol–water partition coefficient (Wildman–Crippen LogP) is 3.35. The monoisotopic (exact) mass is 339 g/mol. The first-order chi connectivity index (χ1) is 11.9. The molecule has 2 rings (SSSR count). The summed E-state index contributed by atoms with van der Waals surface area (Å²) in [6, 6.07) is 13.7. The van der Waals surface area contributed by atoms with Crippen LogP contribution in [0.1, 0.15) is 29.3 Å². The molecular weight excluding hydrogens is 318 g/mol. The average molecular weight is 339 g/mol. The van der Waals surface area contributed by atoms with Crippen LogP contribution in [0.5, 0.6) is 0 Å². The largest absolute Gasteiger partial charge is 0.337 e. The first kappa shape index (κ1) is 18.2. The molecule has 0 fully saturated rings. The third kappa shape index (κ3) is 6.10. The van der Waals surface area contributed by atoms with Gasteiger partial charge in [0, 0.05) is 36.8 Å². The standard InChI is InChI=1S/C19H21N3O3/c1-13-3-5-15(6-4-13)18(24)11-12-20-19(25)22-17-9-7-16(8-10-17)21-14(2)23/h3-10H,11-12H2,1-2H3,(H,21,23)(H2,20,22,25). The van der Waals surface area contributed by atoms with E-state index in [1.165, 1.54) is 6.92 Å². The van der Waals surface area contributed by atoms with Crippen LogP contribution in [0.4, 0.5) is 16.2 Å². The summed E-state index contributed by atoms with van der Waals surface area (Å²) in [6.07, 6.45) is 0.234. The highest BCUT2D eigenvalue weighted by molar-refractivity contribution is 5.97. The van der Waals surface area contributed by atoms with Crippen LogP contribution in [-0.4, -0.2) is 24.3 Å². The van der Waals surface area contributed by atoms with Crippen molar-refractivity contribution in [3.63, 3.8) is 0 Å². The molecule has 130 valence electrons. The summed E-state index contributed by atoms with van der Waals surface area (Å²) in [5.41, 5.74) is 2.98. The lowest BCUT2D eigenvalue weighted by atomic mass is 10.1. The lowest BCUT2D eigenvalue weighted by Crippen LogP contribution is -2.30. The lowest BCUT2D eigenvalue weighted by Gasteiger charge is -2.08. The molecule has 25 heavy (non-hydrogen) atoms. The fourth-order valence-electron chi connectivity index (χ4n) is 2.19. The second kappa shape index (κ2) is 8.63. The van der Waals surface area contributed by atoms with E-state index in [0.717, 1.165) is 5.56 Å². The van der Waals surface area contributed by atoms with E-state index in [9.17, 15) is 14.4 Å². The van der Waals surface area contributed by atoms with E-state index in [0.29, 0.717) is 16.9 Å². The number of amides is 3. The van der Waals surface area contributed by atoms with E-state index < -0.39 is 0 Å². The topological polar surface area (TPSA) is 87.3 Å². The van der Waals surface area contributed by atoms with Crippen molar-refractivity contribution in [3.05, 3.63) is 59.7 Å². The Morgan fingerprint density at radius 3 is 1.96 bits per heavy atom. The Balaban J connectivity index is 1.75. The second-order valence-electron chi connectivity index (χ2n) is 5.68. The summed E-state index contributed by atoms with van der Waals surface area (Å²) in [6.45, 7) is 3.64. The quantitative estimate of drug-likeness (QED) is 0.705. The van der Waals surface area contributed by atoms with Gasteiger partial charge in [-0.25, -0.2) is 4.79 Å². The first-order valence-corrected chi connectivity index (χ1v) is 7.96. The van der Waals surface area contributed by atoms with Crippen molar-refractivity contribution in [2.45, 2.75) is 20.3 Å². The number of aryl methyl sites for hydroxylation is 1. The van der Waals surface area contributed by atoms with Gasteiger partial charge in [0.05, 0.1) is 0 Å². The van der Waals surface area contributed by atoms with E-state index in [2.05, 4.69) is 16.0 Å². The van der Waals surface area contributed by atoms with Crippen molar-refractivity contribution >= 4 is 29.1 Å². The van der Waals surface area contributed by atoms with Crippen LogP contribution in [0, 0.1) is 6.92 Å². The van der Waals surface area contributed by atoms with Crippen molar-refractivity contribution < 1.29 is 14.4 Å². The van der Waals surface area contributed by atoms with Crippen LogP contribution in [0.2, 0.25) is 0 Å². The first-order valence-electron chi connectivity index (χ1n) is 7.96. The van der Waals surface area contributed by atoms with Crippen LogP contribution in [-0.2, 0) is 4.79 Å². The zero-order valence-corrected chi connectivity index (χ0v) is 14.3. The summed E-state index contributed by atoms with van der Waals surface area (Å²) in [7, 11) is 0. The minimum atomic E-state index is -0.385. The average Bonchev–Trinajstić information content (AvgIpc) is 2.56. The molecule has 0 aromatic heterocycles. The predicted molar refractivity (Wildman–Crippen MR) is 97.9 cm³/mol. The summed E-state index contributed by atoms with van der Waals surface area (Å²) in [5.74, 6) is -0.170. The van der Waals surface area contributed by atoms with Crippen LogP contribution in [0.25, 0.3) is 0 Å². The SMILES string of the molecule is CC(=O)Nc1ccc(NC(=O)NCCC(=O)c2ccc(C)cc2)cc1. The minimum Gasteiger partial charge on any atom is -0.337 e. The molecule has 3 amide bonds. The van der Waals surface area contributed by atoms with Gasteiger partial charge in [-0.1, -0.05) is 29.8 Å². The molecule has 3 N–H and O–H groups in total. The number of Topliss-reactive ketones (excluding diaryl/α,β-unsaturated/α-hetero) is 1. The van der Waals surface area contributed by atoms with Gasteiger partial charge in [0.15, 0.2) is 5.78 Å². The Kier molecular flexibility index (Phi) is 6.28. The Morgan fingerprint density at radius 1 is 0.840 bits per heavy atom. The van der Waals surface area contributed by atoms with E-state index in [-0.39, 0.29) is 30.7 Å². The molecule has 2 aromatic carbocycles. The zero-order valence-electron chi connectivity index (χ0n) is 14.3. The number of benzene rings is 2. The number of hydrogen-bond acceptors (Lipinski definition) is 3. The van der Waals surface area contributed by atoms with Crippen LogP contribution < -0.4 is 16.0 Å². The molecule has 0 heterocycles. The number of anilines is 2. The molecule has 0 atom stereocenters. The minimum absolute atomic E-state index is 0.0139. The lowest BCUT2D eigenvalue weighted by molar-refractivity contribution is -0.114. The molecule has 6 heteroatoms. The summed E-state index contributed by atoms with van der Waals surface area (Å²) in [5, 5.41) is 7.97. The number of urea groups is 1. The van der Waals surface area contributed by atoms with Crippen LogP contribution >= 0.6 is 0 Å². The maximum atomic E-state index is 12.0. The molecule has 2 aromatic rings. The number of ketones is 1. The van der Waals surface area contributed by atoms with Crippen molar-refractivity contribution in [1.29, 1.82) is 0 Å². The highest BCUT2D eigenvalue weighted by atomic mass is 16.2. The highest BCUT2D eigenvalue weighted by Crippen LogP contribution is 2.13. The van der Waals surface area contributed by atoms with E-state index >= 15 is 0 Å². The Labute approximate surface area is 146 Å². The number of nitrogens with one attached hydrogen (secondary N) is 3. The molecule has 0 aliphatic rings. The molecule has 0 saturated heterocycles. The van der Waals surface area contributed by atoms with Gasteiger partial charge in [-0.15, -0.1) is 0 Å². The highest BCUT2D eigenvalue weighted by Gasteiger charge is 2.07. The third-order valence-corrected chi connectivity index (χ3v) is 3.47. The normalized spacial score (nSPS) is 10.0. The molecule has 0 unspecified atom stereocenters. The maximum Gasteiger partial charge on any atom is 0.319 e. The number of carbonyl (C=O) groups excluding carboxylic acids is 3. The fourth-order valence-corrected chi connectivity index (χ4v) is 2.19. The second-order valence-corrected chi connectivity index (χ2v) is 5.68. The van der Waals surface area contributed by atoms with Gasteiger partial charge in [-0.3, -0.25) is 9.59 Å². The molecule has 0 saturated carbocycles. The molecule has 0 aliphatic carbocycles. The Hall–Kier alpha value is -3.15. The van der Waals surface area contributed by atoms with E-state index in [1.54, 1.807) is 36.4 Å². The van der Waals surface area contributed by atoms with E-state index in [4.69, 9.17) is 0 Å². The van der Waals surface area contributed by atoms with E-state index in [1.807, 2.05) is 19.1 Å². The third-order valence-electron chi connectivity index (χ3n) is 3.47. The summed E-state index contributed by atoms with van der Waals surface area (Å²) >= 11 is 0. The van der Waals surface area contributed by atoms with Gasteiger partial charge < -0.3 is 16.0 Å². The molecule has 6 nitrogen and oxygen atoms in total. The number of carbonyl (C=O) groups is 3. The number of rotatable bonds is 6. The molecule has 0 bridgehead atoms. The smallest absolute Gasteiger partial charge is 0.319 e. The zero-order chi connectivity index (χ0) is 18.2. The number of hydrogen-bond donors (Lipinski definition) is 3. The molecule has 0 aliphatic heterocycles. The van der Waals surface area contributed by atoms with Gasteiger partial charge in [-0.05, 0) is 31.2 Å². The maximum absolute atomic E-state index is 12.0. The van der Waals surface area contributed by atoms with Crippen molar-refractivity contribution in [2.24, 2.45) is 0 Å². The fraction of sp³-hybridized carbons (Fsp3) is 0.211. The summed E-state index contributed by atoms with van der Waals surface area (Å²) < 4.78 is 0. The van der Waals surface area contributed by atoms with Gasteiger partial charge in [0.1, 0.15) is 0 Å².